The van der Waals surface area contributed by atoms with Crippen LogP contribution in [0.15, 0.2) is 0 Å². The van der Waals surface area contributed by atoms with Crippen molar-refractivity contribution in [1.82, 2.24) is 5.32 Å². The van der Waals surface area contributed by atoms with Gasteiger partial charge in [-0.25, -0.2) is 0 Å². The van der Waals surface area contributed by atoms with Crippen molar-refractivity contribution in [3.05, 3.63) is 0 Å². The van der Waals surface area contributed by atoms with E-state index in [9.17, 15) is 4.79 Å². The predicted octanol–water partition coefficient (Wildman–Crippen LogP) is 1.99. The number of ether oxygens (including phenoxy) is 9. The first-order chi connectivity index (χ1) is 18.8. The average Bonchev–Trinajstić information content (AvgIpc) is 2.93. The molecule has 0 aromatic heterocycles. The van der Waals surface area contributed by atoms with Gasteiger partial charge in [-0.15, -0.1) is 0 Å². The molecule has 1 rings (SSSR count). The molecule has 0 aliphatic carbocycles. The summed E-state index contributed by atoms with van der Waals surface area (Å²) >= 11 is 0. The summed E-state index contributed by atoms with van der Waals surface area (Å²) in [6.07, 6.45) is 6.05. The fourth-order valence-electron chi connectivity index (χ4n) is 3.46. The maximum Gasteiger partial charge on any atom is 0.305 e. The molecule has 0 radical (unpaired) electrons. The van der Waals surface area contributed by atoms with Gasteiger partial charge in [-0.1, -0.05) is 19.8 Å². The maximum atomic E-state index is 11.4. The van der Waals surface area contributed by atoms with Crippen molar-refractivity contribution in [2.45, 2.75) is 51.6 Å². The molecule has 1 fully saturated rings. The third kappa shape index (κ3) is 25.4. The molecule has 11 heteroatoms. The van der Waals surface area contributed by atoms with Crippen molar-refractivity contribution in [3.63, 3.8) is 0 Å². The molecule has 1 aliphatic heterocycles. The van der Waals surface area contributed by atoms with Gasteiger partial charge >= 0.3 is 5.97 Å². The van der Waals surface area contributed by atoms with E-state index in [0.29, 0.717) is 112 Å². The lowest BCUT2D eigenvalue weighted by molar-refractivity contribution is -0.145. The highest BCUT2D eigenvalue weighted by molar-refractivity contribution is 5.69. The number of esters is 1. The van der Waals surface area contributed by atoms with E-state index in [-0.39, 0.29) is 12.6 Å². The lowest BCUT2D eigenvalue weighted by Gasteiger charge is -2.22. The summed E-state index contributed by atoms with van der Waals surface area (Å²) in [5.41, 5.74) is 0. The largest absolute Gasteiger partial charge is 0.463 e. The Kier molecular flexibility index (Phi) is 26.9. The lowest BCUT2D eigenvalue weighted by Crippen LogP contribution is -2.33. The summed E-state index contributed by atoms with van der Waals surface area (Å²) < 4.78 is 49.1. The zero-order valence-electron chi connectivity index (χ0n) is 23.6. The quantitative estimate of drug-likeness (QED) is 0.109. The first kappa shape index (κ1) is 35.1. The Hall–Kier alpha value is -0.890. The van der Waals surface area contributed by atoms with E-state index in [4.69, 9.17) is 42.6 Å². The molecule has 0 unspecified atom stereocenters. The molecule has 11 nitrogen and oxygen atoms in total. The molecule has 1 heterocycles. The van der Waals surface area contributed by atoms with Crippen LogP contribution >= 0.6 is 0 Å². The Morgan fingerprint density at radius 2 is 0.974 bits per heavy atom. The van der Waals surface area contributed by atoms with E-state index in [1.54, 1.807) is 0 Å². The van der Waals surface area contributed by atoms with Crippen molar-refractivity contribution in [2.75, 3.05) is 119 Å². The van der Waals surface area contributed by atoms with Crippen LogP contribution in [0.1, 0.15) is 45.4 Å². The fourth-order valence-corrected chi connectivity index (χ4v) is 3.46. The van der Waals surface area contributed by atoms with Crippen molar-refractivity contribution in [3.8, 4) is 0 Å². The van der Waals surface area contributed by atoms with E-state index < -0.39 is 0 Å². The van der Waals surface area contributed by atoms with Gasteiger partial charge in [0, 0.05) is 6.42 Å². The van der Waals surface area contributed by atoms with Gasteiger partial charge in [0.2, 0.25) is 0 Å². The Bertz CT molecular complexity index is 494. The van der Waals surface area contributed by atoms with Crippen LogP contribution in [0.2, 0.25) is 0 Å². The van der Waals surface area contributed by atoms with Gasteiger partial charge in [0.1, 0.15) is 6.61 Å². The second kappa shape index (κ2) is 29.1. The van der Waals surface area contributed by atoms with E-state index in [0.717, 1.165) is 45.2 Å². The molecular formula is C27H53NO10. The molecule has 0 amide bonds. The van der Waals surface area contributed by atoms with Crippen LogP contribution in [-0.4, -0.2) is 131 Å². The van der Waals surface area contributed by atoms with Gasteiger partial charge in [-0.2, -0.15) is 0 Å². The van der Waals surface area contributed by atoms with Gasteiger partial charge < -0.3 is 47.9 Å². The zero-order valence-corrected chi connectivity index (χ0v) is 23.6. The zero-order chi connectivity index (χ0) is 27.2. The van der Waals surface area contributed by atoms with Crippen molar-refractivity contribution in [1.29, 1.82) is 0 Å². The number of carbonyl (C=O) groups excluding carboxylic acids is 1. The summed E-state index contributed by atoms with van der Waals surface area (Å²) in [6.45, 7) is 12.3. The Labute approximate surface area is 229 Å². The molecular weight excluding hydrogens is 498 g/mol. The molecule has 0 saturated carbocycles. The third-order valence-electron chi connectivity index (χ3n) is 5.57. The predicted molar refractivity (Wildman–Crippen MR) is 143 cm³/mol. The van der Waals surface area contributed by atoms with Crippen molar-refractivity contribution >= 4 is 5.97 Å². The molecule has 1 aliphatic rings. The van der Waals surface area contributed by atoms with E-state index in [1.165, 1.54) is 0 Å². The molecule has 0 atom stereocenters. The normalized spacial score (nSPS) is 14.2. The highest BCUT2D eigenvalue weighted by atomic mass is 16.6. The van der Waals surface area contributed by atoms with E-state index in [1.807, 2.05) is 0 Å². The summed E-state index contributed by atoms with van der Waals surface area (Å²) in [4.78, 5) is 11.4. The minimum atomic E-state index is -0.154. The fraction of sp³-hybridized carbons (Fsp3) is 0.963. The minimum absolute atomic E-state index is 0.154. The second-order valence-electron chi connectivity index (χ2n) is 8.78. The van der Waals surface area contributed by atoms with Crippen LogP contribution < -0.4 is 5.32 Å². The highest BCUT2D eigenvalue weighted by Gasteiger charge is 2.12. The van der Waals surface area contributed by atoms with Crippen LogP contribution in [0, 0.1) is 0 Å². The molecule has 226 valence electrons. The smallest absolute Gasteiger partial charge is 0.305 e. The number of rotatable bonds is 29. The molecule has 1 N–H and O–H groups in total. The van der Waals surface area contributed by atoms with Crippen LogP contribution in [-0.2, 0) is 47.4 Å². The monoisotopic (exact) mass is 551 g/mol. The standard InChI is InChI=1S/C27H53NO10/c1-2-3-4-5-27(29)38-25-23-36-21-19-34-17-15-32-13-11-30-10-12-31-14-16-33-18-20-35-22-24-37-26-6-8-28-9-7-26/h26,28H,2-25H2,1H3. The third-order valence-corrected chi connectivity index (χ3v) is 5.57. The number of carbonyl (C=O) groups is 1. The van der Waals surface area contributed by atoms with Crippen LogP contribution in [0.3, 0.4) is 0 Å². The van der Waals surface area contributed by atoms with Gasteiger partial charge in [0.15, 0.2) is 0 Å². The van der Waals surface area contributed by atoms with Gasteiger partial charge in [-0.3, -0.25) is 4.79 Å². The SMILES string of the molecule is CCCCCC(=O)OCCOCCOCCOCCOCCOCCOCCOCCOC1CCNCC1. The van der Waals surface area contributed by atoms with E-state index in [2.05, 4.69) is 12.2 Å². The Morgan fingerprint density at radius 3 is 1.39 bits per heavy atom. The van der Waals surface area contributed by atoms with E-state index >= 15 is 0 Å². The number of hydrogen-bond donors (Lipinski definition) is 1. The second-order valence-corrected chi connectivity index (χ2v) is 8.78. The first-order valence-corrected chi connectivity index (χ1v) is 14.3. The molecule has 38 heavy (non-hydrogen) atoms. The molecule has 0 aromatic carbocycles. The van der Waals surface area contributed by atoms with Crippen molar-refractivity contribution < 1.29 is 47.4 Å². The molecule has 0 bridgehead atoms. The number of piperidine rings is 1. The molecule has 0 aromatic rings. The summed E-state index contributed by atoms with van der Waals surface area (Å²) in [7, 11) is 0. The Balaban J connectivity index is 1.63. The van der Waals surface area contributed by atoms with Gasteiger partial charge in [0.25, 0.3) is 0 Å². The van der Waals surface area contributed by atoms with Crippen LogP contribution in [0.25, 0.3) is 0 Å². The number of unbranched alkanes of at least 4 members (excludes halogenated alkanes) is 2. The van der Waals surface area contributed by atoms with Crippen LogP contribution in [0.5, 0.6) is 0 Å². The van der Waals surface area contributed by atoms with Crippen LogP contribution in [0.4, 0.5) is 0 Å². The summed E-state index contributed by atoms with van der Waals surface area (Å²) in [5.74, 6) is -0.154. The van der Waals surface area contributed by atoms with Crippen molar-refractivity contribution in [2.24, 2.45) is 0 Å². The van der Waals surface area contributed by atoms with Gasteiger partial charge in [-0.05, 0) is 32.4 Å². The Morgan fingerprint density at radius 1 is 0.579 bits per heavy atom. The summed E-state index contributed by atoms with van der Waals surface area (Å²) in [6, 6.07) is 0. The highest BCUT2D eigenvalue weighted by Crippen LogP contribution is 2.06. The first-order valence-electron chi connectivity index (χ1n) is 14.3. The summed E-state index contributed by atoms with van der Waals surface area (Å²) in [5, 5.41) is 3.32. The lowest BCUT2D eigenvalue weighted by atomic mass is 10.1. The molecule has 1 saturated heterocycles. The number of hydrogen-bond acceptors (Lipinski definition) is 11. The average molecular weight is 552 g/mol. The minimum Gasteiger partial charge on any atom is -0.463 e. The number of nitrogens with one attached hydrogen (secondary N) is 1. The maximum absolute atomic E-state index is 11.4. The molecule has 0 spiro atoms. The van der Waals surface area contributed by atoms with Gasteiger partial charge in [0.05, 0.1) is 105 Å². The topological polar surface area (TPSA) is 112 Å².